The quantitative estimate of drug-likeness (QED) is 0.177. The van der Waals surface area contributed by atoms with Gasteiger partial charge in [0.2, 0.25) is 0 Å². The van der Waals surface area contributed by atoms with E-state index in [-0.39, 0.29) is 0 Å². The first-order valence-electron chi connectivity index (χ1n) is 8.62. The lowest BCUT2D eigenvalue weighted by atomic mass is 10.1. The monoisotopic (exact) mass is 347 g/mol. The summed E-state index contributed by atoms with van der Waals surface area (Å²) in [5.41, 5.74) is 2.08. The van der Waals surface area contributed by atoms with E-state index in [4.69, 9.17) is 9.47 Å². The van der Waals surface area contributed by atoms with Gasteiger partial charge < -0.3 is 14.4 Å². The molecule has 0 unspecified atom stereocenters. The molecule has 6 heteroatoms. The molecule has 0 spiro atoms. The van der Waals surface area contributed by atoms with E-state index in [1.165, 1.54) is 0 Å². The van der Waals surface area contributed by atoms with E-state index in [9.17, 15) is 5.26 Å². The van der Waals surface area contributed by atoms with Gasteiger partial charge in [-0.15, -0.1) is 0 Å². The predicted molar refractivity (Wildman–Crippen MR) is 101 cm³/mol. The van der Waals surface area contributed by atoms with E-state index in [1.807, 2.05) is 32.0 Å². The van der Waals surface area contributed by atoms with E-state index >= 15 is 0 Å². The fourth-order valence-electron chi connectivity index (χ4n) is 2.76. The van der Waals surface area contributed by atoms with Gasteiger partial charge in [0.15, 0.2) is 11.5 Å². The van der Waals surface area contributed by atoms with Gasteiger partial charge in [0.05, 0.1) is 39.4 Å². The molecule has 0 aromatic heterocycles. The van der Waals surface area contributed by atoms with Crippen molar-refractivity contribution < 1.29 is 14.0 Å². The SMILES string of the molecule is C\C=C(N=CN(C)C)/C(C#N)=C(OC)\C(=C\CC)[N+]1(C)CCOCC1. The molecule has 25 heavy (non-hydrogen) atoms. The highest BCUT2D eigenvalue weighted by Gasteiger charge is 2.35. The number of nitrogens with zero attached hydrogens (tertiary/aromatic N) is 4. The number of rotatable bonds is 7. The Hall–Kier alpha value is -2.10. The lowest BCUT2D eigenvalue weighted by Crippen LogP contribution is -2.51. The maximum Gasteiger partial charge on any atom is 0.199 e. The first-order valence-corrected chi connectivity index (χ1v) is 8.62. The maximum absolute atomic E-state index is 9.82. The highest BCUT2D eigenvalue weighted by atomic mass is 16.5. The van der Waals surface area contributed by atoms with Crippen molar-refractivity contribution in [1.82, 2.24) is 4.90 Å². The Morgan fingerprint density at radius 1 is 1.36 bits per heavy atom. The number of likely N-dealkylation sites (N-methyl/N-ethyl adjacent to an activating group) is 1. The first kappa shape index (κ1) is 20.9. The molecule has 1 heterocycles. The molecular weight excluding hydrogens is 316 g/mol. The van der Waals surface area contributed by atoms with Gasteiger partial charge in [-0.3, -0.25) is 4.48 Å². The zero-order valence-corrected chi connectivity index (χ0v) is 16.4. The second-order valence-corrected chi connectivity index (χ2v) is 6.36. The van der Waals surface area contributed by atoms with Crippen LogP contribution in [0.1, 0.15) is 20.3 Å². The van der Waals surface area contributed by atoms with Crippen LogP contribution in [0.5, 0.6) is 0 Å². The number of hydrogen-bond donors (Lipinski definition) is 0. The van der Waals surface area contributed by atoms with Gasteiger partial charge >= 0.3 is 0 Å². The van der Waals surface area contributed by atoms with Gasteiger partial charge in [-0.05, 0) is 19.4 Å². The molecule has 0 aromatic rings. The zero-order valence-electron chi connectivity index (χ0n) is 16.4. The molecule has 1 aliphatic heterocycles. The molecule has 138 valence electrons. The van der Waals surface area contributed by atoms with Crippen LogP contribution in [0.15, 0.2) is 39.9 Å². The highest BCUT2D eigenvalue weighted by Crippen LogP contribution is 2.30. The summed E-state index contributed by atoms with van der Waals surface area (Å²) in [4.78, 5) is 6.27. The number of aliphatic imine (C=N–C) groups is 1. The Kier molecular flexibility index (Phi) is 8.39. The summed E-state index contributed by atoms with van der Waals surface area (Å²) in [5.74, 6) is 0.595. The number of ether oxygens (including phenoxy) is 2. The van der Waals surface area contributed by atoms with Crippen LogP contribution in [0.4, 0.5) is 0 Å². The summed E-state index contributed by atoms with van der Waals surface area (Å²) in [6.45, 7) is 7.07. The van der Waals surface area contributed by atoms with Crippen molar-refractivity contribution in [2.24, 2.45) is 4.99 Å². The number of quaternary nitrogens is 1. The molecule has 6 nitrogen and oxygen atoms in total. The average Bonchev–Trinajstić information content (AvgIpc) is 2.60. The first-order chi connectivity index (χ1) is 11.9. The van der Waals surface area contributed by atoms with E-state index in [0.29, 0.717) is 34.7 Å². The number of allylic oxidation sites excluding steroid dienone is 3. The Labute approximate surface area is 151 Å². The molecule has 0 radical (unpaired) electrons. The molecule has 0 aromatic carbocycles. The Bertz CT molecular complexity index is 603. The molecule has 0 atom stereocenters. The van der Waals surface area contributed by atoms with Crippen LogP contribution in [0, 0.1) is 11.3 Å². The van der Waals surface area contributed by atoms with Crippen LogP contribution in [0.25, 0.3) is 0 Å². The third-order valence-corrected chi connectivity index (χ3v) is 4.17. The summed E-state index contributed by atoms with van der Waals surface area (Å²) >= 11 is 0. The smallest absolute Gasteiger partial charge is 0.199 e. The molecule has 0 N–H and O–H groups in total. The Balaban J connectivity index is 3.47. The second kappa shape index (κ2) is 10.0. The fraction of sp³-hybridized carbons (Fsp3) is 0.579. The third-order valence-electron chi connectivity index (χ3n) is 4.17. The normalized spacial score (nSPS) is 19.4. The molecule has 0 amide bonds. The minimum absolute atomic E-state index is 0.452. The van der Waals surface area contributed by atoms with Crippen molar-refractivity contribution >= 4 is 6.34 Å². The molecule has 0 saturated carbocycles. The maximum atomic E-state index is 9.82. The molecular formula is C19H31N4O2+. The molecule has 1 aliphatic rings. The molecule has 1 saturated heterocycles. The summed E-state index contributed by atoms with van der Waals surface area (Å²) in [6.07, 6.45) is 6.53. The Morgan fingerprint density at radius 3 is 2.44 bits per heavy atom. The zero-order chi connectivity index (χ0) is 18.9. The standard InChI is InChI=1S/C19H31N4O2/c1-7-9-18(23(5)10-12-25-13-11-23)19(24-6)16(14-20)17(8-2)21-15-22(3)4/h8-9,15H,7,10-13H2,1-6H3/q+1/b17-8+,18-9-,19-16+,21-15?. The topological polar surface area (TPSA) is 57.9 Å². The lowest BCUT2D eigenvalue weighted by molar-refractivity contribution is -0.879. The van der Waals surface area contributed by atoms with Gasteiger partial charge in [-0.25, -0.2) is 4.99 Å². The van der Waals surface area contributed by atoms with Crippen LogP contribution in [0.2, 0.25) is 0 Å². The van der Waals surface area contributed by atoms with Crippen LogP contribution in [0.3, 0.4) is 0 Å². The highest BCUT2D eigenvalue weighted by molar-refractivity contribution is 5.60. The van der Waals surface area contributed by atoms with Crippen molar-refractivity contribution in [3.63, 3.8) is 0 Å². The van der Waals surface area contributed by atoms with E-state index in [2.05, 4.69) is 31.1 Å². The van der Waals surface area contributed by atoms with Crippen LogP contribution < -0.4 is 0 Å². The third kappa shape index (κ3) is 5.45. The van der Waals surface area contributed by atoms with Gasteiger partial charge in [0.1, 0.15) is 24.7 Å². The Morgan fingerprint density at radius 2 is 2.00 bits per heavy atom. The minimum Gasteiger partial charge on any atom is -0.490 e. The van der Waals surface area contributed by atoms with E-state index < -0.39 is 0 Å². The second-order valence-electron chi connectivity index (χ2n) is 6.36. The number of hydrogen-bond acceptors (Lipinski definition) is 4. The van der Waals surface area contributed by atoms with Crippen molar-refractivity contribution in [3.8, 4) is 6.07 Å². The van der Waals surface area contributed by atoms with Crippen molar-refractivity contribution in [3.05, 3.63) is 34.9 Å². The van der Waals surface area contributed by atoms with Gasteiger partial charge in [0.25, 0.3) is 0 Å². The van der Waals surface area contributed by atoms with Crippen LogP contribution >= 0.6 is 0 Å². The summed E-state index contributed by atoms with van der Waals surface area (Å²) < 4.78 is 11.9. The lowest BCUT2D eigenvalue weighted by Gasteiger charge is -2.39. The van der Waals surface area contributed by atoms with Crippen LogP contribution in [-0.4, -0.2) is 70.3 Å². The van der Waals surface area contributed by atoms with Crippen molar-refractivity contribution in [2.75, 3.05) is 54.6 Å². The summed E-state index contributed by atoms with van der Waals surface area (Å²) in [5, 5.41) is 9.82. The van der Waals surface area contributed by atoms with Gasteiger partial charge in [0, 0.05) is 14.1 Å². The largest absolute Gasteiger partial charge is 0.490 e. The fourth-order valence-corrected chi connectivity index (χ4v) is 2.76. The van der Waals surface area contributed by atoms with Crippen molar-refractivity contribution in [2.45, 2.75) is 20.3 Å². The van der Waals surface area contributed by atoms with E-state index in [0.717, 1.165) is 25.2 Å². The summed E-state index contributed by atoms with van der Waals surface area (Å²) in [6, 6.07) is 2.30. The number of morpholine rings is 1. The van der Waals surface area contributed by atoms with Crippen LogP contribution in [-0.2, 0) is 9.47 Å². The van der Waals surface area contributed by atoms with Crippen molar-refractivity contribution in [1.29, 1.82) is 5.26 Å². The molecule has 0 aliphatic carbocycles. The van der Waals surface area contributed by atoms with Gasteiger partial charge in [-0.2, -0.15) is 5.26 Å². The van der Waals surface area contributed by atoms with Gasteiger partial charge in [-0.1, -0.05) is 13.0 Å². The average molecular weight is 347 g/mol. The number of nitriles is 1. The molecule has 0 bridgehead atoms. The van der Waals surface area contributed by atoms with E-state index in [1.54, 1.807) is 13.4 Å². The molecule has 1 rings (SSSR count). The minimum atomic E-state index is 0.452. The predicted octanol–water partition coefficient (Wildman–Crippen LogP) is 2.67. The summed E-state index contributed by atoms with van der Waals surface area (Å²) in [7, 11) is 7.57. The molecule has 1 fully saturated rings. The number of methoxy groups -OCH3 is 1.